The van der Waals surface area contributed by atoms with Gasteiger partial charge >= 0.3 is 0 Å². The molecule has 2 heterocycles. The zero-order chi connectivity index (χ0) is 12.8. The fourth-order valence-electron chi connectivity index (χ4n) is 2.41. The van der Waals surface area contributed by atoms with Crippen molar-refractivity contribution in [1.82, 2.24) is 5.32 Å². The number of anilines is 1. The third-order valence-corrected chi connectivity index (χ3v) is 4.76. The molecule has 2 aromatic carbocycles. The smallest absolute Gasteiger partial charge is 0.156 e. The van der Waals surface area contributed by atoms with Crippen LogP contribution in [0.3, 0.4) is 0 Å². The first-order valence-electron chi connectivity index (χ1n) is 6.09. The zero-order valence-corrected chi connectivity index (χ0v) is 11.6. The minimum atomic E-state index is 0.267. The standard InChI is InChI=1S/C15H11ClN2S/c16-11-7-5-10(6-8-11)12-9-18-13-3-1-2-4-14(13)19-15(18)17-12/h1-9,15,17H/t15-/m0/s1. The number of halogens is 1. The summed E-state index contributed by atoms with van der Waals surface area (Å²) in [5.41, 5.74) is 3.84. The van der Waals surface area contributed by atoms with Crippen molar-refractivity contribution in [2.24, 2.45) is 0 Å². The Balaban J connectivity index is 1.71. The van der Waals surface area contributed by atoms with Gasteiger partial charge < -0.3 is 10.2 Å². The minimum Gasteiger partial charge on any atom is -0.354 e. The molecule has 0 fully saturated rings. The molecule has 0 spiro atoms. The van der Waals surface area contributed by atoms with Crippen molar-refractivity contribution in [1.29, 1.82) is 0 Å². The molecule has 1 atom stereocenters. The predicted molar refractivity (Wildman–Crippen MR) is 81.1 cm³/mol. The molecule has 1 N–H and O–H groups in total. The number of rotatable bonds is 1. The maximum Gasteiger partial charge on any atom is 0.156 e. The van der Waals surface area contributed by atoms with Crippen molar-refractivity contribution in [3.63, 3.8) is 0 Å². The van der Waals surface area contributed by atoms with Gasteiger partial charge in [-0.1, -0.05) is 47.6 Å². The second-order valence-electron chi connectivity index (χ2n) is 4.54. The molecular formula is C15H11ClN2S. The highest BCUT2D eigenvalue weighted by atomic mass is 35.5. The summed E-state index contributed by atoms with van der Waals surface area (Å²) in [4.78, 5) is 3.61. The Morgan fingerprint density at radius 3 is 2.68 bits per heavy atom. The van der Waals surface area contributed by atoms with Crippen LogP contribution < -0.4 is 10.2 Å². The number of nitrogens with one attached hydrogen (secondary N) is 1. The van der Waals surface area contributed by atoms with Crippen LogP contribution in [-0.2, 0) is 0 Å². The fraction of sp³-hybridized carbons (Fsp3) is 0.0667. The lowest BCUT2D eigenvalue weighted by Gasteiger charge is -2.15. The molecular weight excluding hydrogens is 276 g/mol. The topological polar surface area (TPSA) is 15.3 Å². The number of hydrogen-bond acceptors (Lipinski definition) is 3. The van der Waals surface area contributed by atoms with Gasteiger partial charge in [0.05, 0.1) is 11.4 Å². The van der Waals surface area contributed by atoms with Crippen molar-refractivity contribution in [2.75, 3.05) is 4.90 Å². The maximum absolute atomic E-state index is 5.93. The number of fused-ring (bicyclic) bond motifs is 3. The van der Waals surface area contributed by atoms with Crippen LogP contribution in [0.25, 0.3) is 5.70 Å². The van der Waals surface area contributed by atoms with Gasteiger partial charge in [-0.3, -0.25) is 0 Å². The van der Waals surface area contributed by atoms with E-state index in [2.05, 4.69) is 40.7 Å². The molecule has 19 heavy (non-hydrogen) atoms. The summed E-state index contributed by atoms with van der Waals surface area (Å²) >= 11 is 7.77. The van der Waals surface area contributed by atoms with Crippen molar-refractivity contribution < 1.29 is 0 Å². The molecule has 94 valence electrons. The van der Waals surface area contributed by atoms with Crippen LogP contribution in [0.1, 0.15) is 5.56 Å². The number of hydrogen-bond donors (Lipinski definition) is 1. The maximum atomic E-state index is 5.93. The monoisotopic (exact) mass is 286 g/mol. The molecule has 0 saturated carbocycles. The van der Waals surface area contributed by atoms with Gasteiger partial charge in [-0.15, -0.1) is 0 Å². The van der Waals surface area contributed by atoms with Gasteiger partial charge in [-0.2, -0.15) is 0 Å². The van der Waals surface area contributed by atoms with Crippen LogP contribution >= 0.6 is 23.4 Å². The fourth-order valence-corrected chi connectivity index (χ4v) is 3.70. The third kappa shape index (κ3) is 1.81. The SMILES string of the molecule is Clc1ccc(C2=CN3c4ccccc4S[C@H]3N2)cc1. The van der Waals surface area contributed by atoms with Crippen LogP contribution in [0, 0.1) is 0 Å². The molecule has 0 bridgehead atoms. The number of benzene rings is 2. The first-order valence-corrected chi connectivity index (χ1v) is 7.35. The molecule has 2 aliphatic heterocycles. The summed E-state index contributed by atoms with van der Waals surface area (Å²) in [6.07, 6.45) is 2.17. The summed E-state index contributed by atoms with van der Waals surface area (Å²) in [6, 6.07) is 16.4. The highest BCUT2D eigenvalue weighted by molar-refractivity contribution is 8.00. The van der Waals surface area contributed by atoms with Gasteiger partial charge in [0.2, 0.25) is 0 Å². The van der Waals surface area contributed by atoms with Gasteiger partial charge in [0.25, 0.3) is 0 Å². The largest absolute Gasteiger partial charge is 0.354 e. The van der Waals surface area contributed by atoms with Crippen LogP contribution in [0.4, 0.5) is 5.69 Å². The van der Waals surface area contributed by atoms with E-state index in [1.165, 1.54) is 10.6 Å². The summed E-state index contributed by atoms with van der Waals surface area (Å²) in [5.74, 6) is 0. The number of para-hydroxylation sites is 1. The molecule has 0 aliphatic carbocycles. The molecule has 4 heteroatoms. The van der Waals surface area contributed by atoms with Gasteiger partial charge in [-0.25, -0.2) is 0 Å². The van der Waals surface area contributed by atoms with E-state index in [0.29, 0.717) is 0 Å². The molecule has 0 saturated heterocycles. The molecule has 4 rings (SSSR count). The van der Waals surface area contributed by atoms with Crippen LogP contribution in [0.15, 0.2) is 59.6 Å². The normalized spacial score (nSPS) is 19.7. The van der Waals surface area contributed by atoms with E-state index in [9.17, 15) is 0 Å². The number of thioether (sulfide) groups is 1. The average Bonchev–Trinajstić information content (AvgIpc) is 2.97. The Labute approximate surface area is 121 Å². The Morgan fingerprint density at radius 1 is 1.05 bits per heavy atom. The third-order valence-electron chi connectivity index (χ3n) is 3.34. The lowest BCUT2D eigenvalue weighted by atomic mass is 10.2. The first kappa shape index (κ1) is 11.3. The number of nitrogens with zero attached hydrogens (tertiary/aromatic N) is 1. The molecule has 2 aromatic rings. The van der Waals surface area contributed by atoms with Crippen LogP contribution in [-0.4, -0.2) is 5.50 Å². The van der Waals surface area contributed by atoms with Gasteiger partial charge in [0, 0.05) is 16.1 Å². The van der Waals surface area contributed by atoms with Crippen LogP contribution in [0.5, 0.6) is 0 Å². The summed E-state index contributed by atoms with van der Waals surface area (Å²) in [5, 5.41) is 4.31. The van der Waals surface area contributed by atoms with E-state index in [4.69, 9.17) is 11.6 Å². The van der Waals surface area contributed by atoms with E-state index in [0.717, 1.165) is 16.3 Å². The summed E-state index contributed by atoms with van der Waals surface area (Å²) < 4.78 is 0. The van der Waals surface area contributed by atoms with E-state index in [1.54, 1.807) is 0 Å². The lowest BCUT2D eigenvalue weighted by Crippen LogP contribution is -2.28. The van der Waals surface area contributed by atoms with Crippen molar-refractivity contribution in [3.05, 3.63) is 65.3 Å². The highest BCUT2D eigenvalue weighted by Crippen LogP contribution is 2.45. The molecule has 0 aromatic heterocycles. The highest BCUT2D eigenvalue weighted by Gasteiger charge is 2.33. The second kappa shape index (κ2) is 4.22. The average molecular weight is 287 g/mol. The first-order chi connectivity index (χ1) is 9.31. The lowest BCUT2D eigenvalue weighted by molar-refractivity contribution is 0.859. The predicted octanol–water partition coefficient (Wildman–Crippen LogP) is 4.14. The Morgan fingerprint density at radius 2 is 1.84 bits per heavy atom. The second-order valence-corrected chi connectivity index (χ2v) is 6.10. The van der Waals surface area contributed by atoms with E-state index in [1.807, 2.05) is 36.0 Å². The van der Waals surface area contributed by atoms with E-state index in [-0.39, 0.29) is 5.50 Å². The van der Waals surface area contributed by atoms with Crippen molar-refractivity contribution in [3.8, 4) is 0 Å². The molecule has 0 radical (unpaired) electrons. The molecule has 2 nitrogen and oxygen atoms in total. The van der Waals surface area contributed by atoms with Gasteiger partial charge in [0.15, 0.2) is 5.50 Å². The van der Waals surface area contributed by atoms with Crippen molar-refractivity contribution in [2.45, 2.75) is 10.4 Å². The molecule has 0 unspecified atom stereocenters. The van der Waals surface area contributed by atoms with E-state index >= 15 is 0 Å². The molecule has 2 aliphatic rings. The zero-order valence-electron chi connectivity index (χ0n) is 10.0. The van der Waals surface area contributed by atoms with Crippen molar-refractivity contribution >= 4 is 34.7 Å². The molecule has 0 amide bonds. The minimum absolute atomic E-state index is 0.267. The summed E-state index contributed by atoms with van der Waals surface area (Å²) in [7, 11) is 0. The Kier molecular flexibility index (Phi) is 2.50. The van der Waals surface area contributed by atoms with E-state index < -0.39 is 0 Å². The van der Waals surface area contributed by atoms with Gasteiger partial charge in [-0.05, 0) is 29.8 Å². The van der Waals surface area contributed by atoms with Crippen LogP contribution in [0.2, 0.25) is 5.02 Å². The van der Waals surface area contributed by atoms with Gasteiger partial charge in [0.1, 0.15) is 0 Å². The quantitative estimate of drug-likeness (QED) is 0.848. The Hall–Kier alpha value is -1.58. The summed E-state index contributed by atoms with van der Waals surface area (Å²) in [6.45, 7) is 0. The Bertz CT molecular complexity index is 666.